The fourth-order valence-corrected chi connectivity index (χ4v) is 5.33. The molecule has 0 N–H and O–H groups in total. The zero-order valence-electron chi connectivity index (χ0n) is 15.6. The van der Waals surface area contributed by atoms with Crippen LogP contribution in [0.15, 0.2) is 42.5 Å². The molecule has 2 aliphatic carbocycles. The maximum absolute atomic E-state index is 13.5. The van der Waals surface area contributed by atoms with E-state index in [0.29, 0.717) is 11.5 Å². The first-order valence-electron chi connectivity index (χ1n) is 10.2. The highest BCUT2D eigenvalue weighted by Crippen LogP contribution is 2.48. The number of fused-ring (bicyclic) bond motifs is 1. The average Bonchev–Trinajstić information content (AvgIpc) is 2.66. The van der Waals surface area contributed by atoms with Gasteiger partial charge in [0.1, 0.15) is 11.6 Å². The lowest BCUT2D eigenvalue weighted by Crippen LogP contribution is -2.30. The highest BCUT2D eigenvalue weighted by Gasteiger charge is 2.35. The number of rotatable bonds is 3. The van der Waals surface area contributed by atoms with Gasteiger partial charge in [0.15, 0.2) is 0 Å². The molecule has 26 heavy (non-hydrogen) atoms. The van der Waals surface area contributed by atoms with Gasteiger partial charge in [0, 0.05) is 6.07 Å². The van der Waals surface area contributed by atoms with Crippen LogP contribution in [0.1, 0.15) is 63.4 Å². The summed E-state index contributed by atoms with van der Waals surface area (Å²) in [5.74, 6) is 2.40. The summed E-state index contributed by atoms with van der Waals surface area (Å²) in [5, 5.41) is 0. The van der Waals surface area contributed by atoms with Gasteiger partial charge in [0.2, 0.25) is 0 Å². The Morgan fingerprint density at radius 3 is 2.12 bits per heavy atom. The van der Waals surface area contributed by atoms with Crippen molar-refractivity contribution >= 4 is 0 Å². The molecular weight excluding hydrogens is 326 g/mol. The van der Waals surface area contributed by atoms with Gasteiger partial charge in [0.25, 0.3) is 0 Å². The van der Waals surface area contributed by atoms with Crippen molar-refractivity contribution in [3.8, 4) is 11.1 Å². The van der Waals surface area contributed by atoms with E-state index in [9.17, 15) is 8.78 Å². The Bertz CT molecular complexity index is 729. The molecule has 0 spiro atoms. The van der Waals surface area contributed by atoms with Crippen molar-refractivity contribution in [3.63, 3.8) is 0 Å². The van der Waals surface area contributed by atoms with E-state index in [4.69, 9.17) is 0 Å². The second kappa shape index (κ2) is 7.50. The summed E-state index contributed by atoms with van der Waals surface area (Å²) in [5.41, 5.74) is 2.88. The van der Waals surface area contributed by atoms with Gasteiger partial charge in [-0.1, -0.05) is 44.0 Å². The Kier molecular flexibility index (Phi) is 5.11. The SMILES string of the molecule is CCC1CCC2CC(c3ccc(-c4cc(F)cc(F)c4)cc3)CCC2C1. The Labute approximate surface area is 155 Å². The lowest BCUT2D eigenvalue weighted by molar-refractivity contribution is 0.116. The standard InChI is InChI=1S/C24H28F2/c1-2-16-3-4-21-12-20(10-9-19(21)11-16)17-5-7-18(8-6-17)22-13-23(25)15-24(26)14-22/h5-8,13-16,19-21H,2-4,9-12H2,1H3. The molecule has 2 heteroatoms. The van der Waals surface area contributed by atoms with Gasteiger partial charge >= 0.3 is 0 Å². The van der Waals surface area contributed by atoms with Crippen LogP contribution >= 0.6 is 0 Å². The summed E-state index contributed by atoms with van der Waals surface area (Å²) in [6, 6.07) is 12.1. The molecule has 4 rings (SSSR count). The Balaban J connectivity index is 1.46. The van der Waals surface area contributed by atoms with Crippen LogP contribution in [0.5, 0.6) is 0 Å². The van der Waals surface area contributed by atoms with E-state index in [1.54, 1.807) is 0 Å². The molecule has 2 aliphatic rings. The smallest absolute Gasteiger partial charge is 0.126 e. The van der Waals surface area contributed by atoms with E-state index < -0.39 is 11.6 Å². The van der Waals surface area contributed by atoms with E-state index in [0.717, 1.165) is 29.4 Å². The third-order valence-electron chi connectivity index (χ3n) is 6.88. The number of hydrogen-bond donors (Lipinski definition) is 0. The molecule has 0 aromatic heterocycles. The molecule has 2 saturated carbocycles. The largest absolute Gasteiger partial charge is 0.207 e. The van der Waals surface area contributed by atoms with E-state index in [2.05, 4.69) is 19.1 Å². The molecule has 138 valence electrons. The van der Waals surface area contributed by atoms with Crippen molar-refractivity contribution < 1.29 is 8.78 Å². The summed E-state index contributed by atoms with van der Waals surface area (Å²) in [6.07, 6.45) is 9.56. The third kappa shape index (κ3) is 3.70. The van der Waals surface area contributed by atoms with Crippen molar-refractivity contribution in [2.45, 2.75) is 57.8 Å². The van der Waals surface area contributed by atoms with Gasteiger partial charge in [-0.15, -0.1) is 0 Å². The van der Waals surface area contributed by atoms with E-state index in [-0.39, 0.29) is 0 Å². The van der Waals surface area contributed by atoms with Gasteiger partial charge in [-0.05, 0) is 84.6 Å². The van der Waals surface area contributed by atoms with Crippen molar-refractivity contribution in [2.75, 3.05) is 0 Å². The number of benzene rings is 2. The van der Waals surface area contributed by atoms with Crippen LogP contribution in [0.25, 0.3) is 11.1 Å². The summed E-state index contributed by atoms with van der Waals surface area (Å²) in [6.45, 7) is 2.34. The van der Waals surface area contributed by atoms with Gasteiger partial charge < -0.3 is 0 Å². The molecule has 2 aromatic carbocycles. The van der Waals surface area contributed by atoms with Crippen molar-refractivity contribution in [3.05, 3.63) is 59.7 Å². The molecule has 4 atom stereocenters. The van der Waals surface area contributed by atoms with Crippen LogP contribution in [0.3, 0.4) is 0 Å². The molecule has 0 aliphatic heterocycles. The second-order valence-corrected chi connectivity index (χ2v) is 8.40. The highest BCUT2D eigenvalue weighted by molar-refractivity contribution is 5.63. The molecular formula is C24H28F2. The van der Waals surface area contributed by atoms with Crippen LogP contribution in [0.2, 0.25) is 0 Å². The quantitative estimate of drug-likeness (QED) is 0.541. The van der Waals surface area contributed by atoms with Gasteiger partial charge in [-0.3, -0.25) is 0 Å². The van der Waals surface area contributed by atoms with Crippen molar-refractivity contribution in [1.29, 1.82) is 0 Å². The third-order valence-corrected chi connectivity index (χ3v) is 6.88. The molecule has 0 amide bonds. The van der Waals surface area contributed by atoms with Crippen molar-refractivity contribution in [2.24, 2.45) is 17.8 Å². The van der Waals surface area contributed by atoms with Gasteiger partial charge in [-0.25, -0.2) is 8.78 Å². The fraction of sp³-hybridized carbons (Fsp3) is 0.500. The Hall–Kier alpha value is -1.70. The minimum Gasteiger partial charge on any atom is -0.207 e. The summed E-state index contributed by atoms with van der Waals surface area (Å²) < 4.78 is 26.9. The van der Waals surface area contributed by atoms with E-state index in [1.807, 2.05) is 12.1 Å². The topological polar surface area (TPSA) is 0 Å². The molecule has 0 saturated heterocycles. The second-order valence-electron chi connectivity index (χ2n) is 8.40. The molecule has 0 nitrogen and oxygen atoms in total. The molecule has 0 bridgehead atoms. The van der Waals surface area contributed by atoms with Gasteiger partial charge in [-0.2, -0.15) is 0 Å². The highest BCUT2D eigenvalue weighted by atomic mass is 19.1. The fourth-order valence-electron chi connectivity index (χ4n) is 5.33. The first-order chi connectivity index (χ1) is 12.6. The minimum absolute atomic E-state index is 0.523. The lowest BCUT2D eigenvalue weighted by Gasteiger charge is -2.42. The number of hydrogen-bond acceptors (Lipinski definition) is 0. The van der Waals surface area contributed by atoms with Crippen LogP contribution in [0.4, 0.5) is 8.78 Å². The molecule has 2 fully saturated rings. The maximum Gasteiger partial charge on any atom is 0.126 e. The normalized spacial score (nSPS) is 28.6. The first-order valence-corrected chi connectivity index (χ1v) is 10.2. The number of halogens is 2. The van der Waals surface area contributed by atoms with Crippen molar-refractivity contribution in [1.82, 2.24) is 0 Å². The summed E-state index contributed by atoms with van der Waals surface area (Å²) in [7, 11) is 0. The Morgan fingerprint density at radius 2 is 1.42 bits per heavy atom. The average molecular weight is 354 g/mol. The molecule has 0 heterocycles. The zero-order valence-corrected chi connectivity index (χ0v) is 15.6. The first kappa shape index (κ1) is 17.7. The summed E-state index contributed by atoms with van der Waals surface area (Å²) in [4.78, 5) is 0. The van der Waals surface area contributed by atoms with Crippen LogP contribution < -0.4 is 0 Å². The minimum atomic E-state index is -0.523. The van der Waals surface area contributed by atoms with E-state index in [1.165, 1.54) is 62.6 Å². The van der Waals surface area contributed by atoms with Crippen LogP contribution in [-0.4, -0.2) is 0 Å². The lowest BCUT2D eigenvalue weighted by atomic mass is 9.63. The van der Waals surface area contributed by atoms with Crippen LogP contribution in [0, 0.1) is 29.4 Å². The zero-order chi connectivity index (χ0) is 18.1. The monoisotopic (exact) mass is 354 g/mol. The molecule has 4 unspecified atom stereocenters. The molecule has 2 aromatic rings. The molecule has 0 radical (unpaired) electrons. The summed E-state index contributed by atoms with van der Waals surface area (Å²) >= 11 is 0. The predicted molar refractivity (Wildman–Crippen MR) is 103 cm³/mol. The van der Waals surface area contributed by atoms with Crippen LogP contribution in [-0.2, 0) is 0 Å². The Morgan fingerprint density at radius 1 is 0.769 bits per heavy atom. The van der Waals surface area contributed by atoms with E-state index >= 15 is 0 Å². The maximum atomic E-state index is 13.5. The van der Waals surface area contributed by atoms with Gasteiger partial charge in [0.05, 0.1) is 0 Å². The predicted octanol–water partition coefficient (Wildman–Crippen LogP) is 7.34.